The van der Waals surface area contributed by atoms with Crippen molar-refractivity contribution in [3.63, 3.8) is 0 Å². The Morgan fingerprint density at radius 3 is 2.41 bits per heavy atom. The number of aromatic nitrogens is 6. The number of imidazole rings is 1. The van der Waals surface area contributed by atoms with Crippen molar-refractivity contribution in [2.75, 3.05) is 19.6 Å². The van der Waals surface area contributed by atoms with Crippen molar-refractivity contribution in [3.05, 3.63) is 64.7 Å². The molecule has 0 unspecified atom stereocenters. The van der Waals surface area contributed by atoms with Crippen molar-refractivity contribution in [1.82, 2.24) is 39.6 Å². The lowest BCUT2D eigenvalue weighted by Crippen LogP contribution is -2.62. The fraction of sp³-hybridized carbons (Fsp3) is 0.429. The van der Waals surface area contributed by atoms with Gasteiger partial charge in [0.25, 0.3) is 11.8 Å². The molecule has 1 aliphatic rings. The van der Waals surface area contributed by atoms with Gasteiger partial charge < -0.3 is 9.80 Å². The van der Waals surface area contributed by atoms with E-state index in [9.17, 15) is 14.0 Å². The standard InChI is InChI=1S/C28H33FN8O2/c1-16-8-9-18(12-20(16)29)21-13-19(27(3,4)5)24-31-22(14-37(24)34-21)25(38)36-11-10-35(15-28(36,6)7)26(39)23-30-17(2)32-33-23/h8-9,12-14H,10-11,15H2,1-7H3,(H,30,32,33). The maximum absolute atomic E-state index is 14.3. The fourth-order valence-corrected chi connectivity index (χ4v) is 4.95. The first-order valence-electron chi connectivity index (χ1n) is 12.9. The number of aromatic amines is 1. The molecule has 0 bridgehead atoms. The number of rotatable bonds is 3. The van der Waals surface area contributed by atoms with E-state index in [2.05, 4.69) is 36.0 Å². The smallest absolute Gasteiger partial charge is 0.293 e. The van der Waals surface area contributed by atoms with E-state index in [1.807, 2.05) is 26.0 Å². The molecule has 1 saturated heterocycles. The number of aryl methyl sites for hydroxylation is 2. The average Bonchev–Trinajstić information content (AvgIpc) is 3.49. The molecule has 5 rings (SSSR count). The average molecular weight is 533 g/mol. The maximum atomic E-state index is 14.3. The summed E-state index contributed by atoms with van der Waals surface area (Å²) in [5.41, 5.74) is 2.57. The van der Waals surface area contributed by atoms with Crippen molar-refractivity contribution in [1.29, 1.82) is 0 Å². The van der Waals surface area contributed by atoms with Crippen LogP contribution in [0.15, 0.2) is 30.5 Å². The van der Waals surface area contributed by atoms with Gasteiger partial charge in [0.05, 0.1) is 17.4 Å². The molecule has 1 aromatic carbocycles. The molecule has 0 radical (unpaired) electrons. The van der Waals surface area contributed by atoms with Gasteiger partial charge in [-0.2, -0.15) is 5.10 Å². The van der Waals surface area contributed by atoms with Crippen LogP contribution in [0.25, 0.3) is 16.9 Å². The molecule has 4 heterocycles. The van der Waals surface area contributed by atoms with Crippen molar-refractivity contribution >= 4 is 17.5 Å². The minimum absolute atomic E-state index is 0.119. The van der Waals surface area contributed by atoms with Gasteiger partial charge >= 0.3 is 0 Å². The molecular weight excluding hydrogens is 499 g/mol. The molecular formula is C28H33FN8O2. The summed E-state index contributed by atoms with van der Waals surface area (Å²) in [6.07, 6.45) is 1.63. The third-order valence-corrected chi connectivity index (χ3v) is 7.14. The van der Waals surface area contributed by atoms with Crippen LogP contribution in [0.2, 0.25) is 0 Å². The Kier molecular flexibility index (Phi) is 6.27. The summed E-state index contributed by atoms with van der Waals surface area (Å²) in [7, 11) is 0. The van der Waals surface area contributed by atoms with E-state index in [1.54, 1.807) is 40.4 Å². The number of hydrogen-bond donors (Lipinski definition) is 1. The van der Waals surface area contributed by atoms with E-state index in [4.69, 9.17) is 10.1 Å². The minimum atomic E-state index is -0.656. The molecule has 1 fully saturated rings. The normalized spacial score (nSPS) is 15.7. The molecule has 0 aliphatic carbocycles. The van der Waals surface area contributed by atoms with Crippen molar-refractivity contribution in [2.24, 2.45) is 0 Å². The van der Waals surface area contributed by atoms with Gasteiger partial charge in [0, 0.05) is 30.8 Å². The van der Waals surface area contributed by atoms with Crippen molar-refractivity contribution in [2.45, 2.75) is 59.4 Å². The second kappa shape index (κ2) is 9.25. The summed E-state index contributed by atoms with van der Waals surface area (Å²) in [4.78, 5) is 39.0. The van der Waals surface area contributed by atoms with Gasteiger partial charge in [0.1, 0.15) is 17.3 Å². The summed E-state index contributed by atoms with van der Waals surface area (Å²) < 4.78 is 16.0. The molecule has 11 heteroatoms. The number of fused-ring (bicyclic) bond motifs is 1. The Morgan fingerprint density at radius 1 is 1.05 bits per heavy atom. The lowest BCUT2D eigenvalue weighted by atomic mass is 9.87. The van der Waals surface area contributed by atoms with Crippen LogP contribution >= 0.6 is 0 Å². The Bertz CT molecular complexity index is 1600. The van der Waals surface area contributed by atoms with Crippen LogP contribution in [0.3, 0.4) is 0 Å². The first kappa shape index (κ1) is 26.5. The number of carbonyl (C=O) groups excluding carboxylic acids is 2. The highest BCUT2D eigenvalue weighted by Crippen LogP contribution is 2.31. The van der Waals surface area contributed by atoms with E-state index in [-0.39, 0.29) is 34.6 Å². The van der Waals surface area contributed by atoms with E-state index < -0.39 is 5.54 Å². The largest absolute Gasteiger partial charge is 0.332 e. The van der Waals surface area contributed by atoms with Gasteiger partial charge in [0.2, 0.25) is 5.82 Å². The Labute approximate surface area is 226 Å². The lowest BCUT2D eigenvalue weighted by molar-refractivity contribution is 0.0160. The summed E-state index contributed by atoms with van der Waals surface area (Å²) in [5, 5.41) is 11.4. The van der Waals surface area contributed by atoms with Gasteiger partial charge in [0.15, 0.2) is 5.65 Å². The first-order chi connectivity index (χ1) is 18.2. The Morgan fingerprint density at radius 2 is 1.79 bits per heavy atom. The number of hydrogen-bond acceptors (Lipinski definition) is 6. The summed E-state index contributed by atoms with van der Waals surface area (Å²) in [5.74, 6) is -0.127. The zero-order valence-electron chi connectivity index (χ0n) is 23.3. The molecule has 2 amide bonds. The molecule has 39 heavy (non-hydrogen) atoms. The molecule has 10 nitrogen and oxygen atoms in total. The molecule has 4 aromatic rings. The zero-order chi connectivity index (χ0) is 28.3. The molecule has 0 atom stereocenters. The second-order valence-corrected chi connectivity index (χ2v) is 11.8. The van der Waals surface area contributed by atoms with Crippen molar-refractivity contribution in [3.8, 4) is 11.3 Å². The number of benzene rings is 1. The summed E-state index contributed by atoms with van der Waals surface area (Å²) in [6.45, 7) is 14.5. The van der Waals surface area contributed by atoms with Crippen LogP contribution < -0.4 is 0 Å². The van der Waals surface area contributed by atoms with Gasteiger partial charge in [-0.3, -0.25) is 14.7 Å². The summed E-state index contributed by atoms with van der Waals surface area (Å²) >= 11 is 0. The third-order valence-electron chi connectivity index (χ3n) is 7.14. The molecule has 204 valence electrons. The zero-order valence-corrected chi connectivity index (χ0v) is 23.3. The number of piperazine rings is 1. The number of nitrogens with one attached hydrogen (secondary N) is 1. The second-order valence-electron chi connectivity index (χ2n) is 11.8. The van der Waals surface area contributed by atoms with Crippen molar-refractivity contribution < 1.29 is 14.0 Å². The highest BCUT2D eigenvalue weighted by atomic mass is 19.1. The molecule has 0 spiro atoms. The number of amides is 2. The summed E-state index contributed by atoms with van der Waals surface area (Å²) in [6, 6.07) is 6.96. The number of H-pyrrole nitrogens is 1. The fourth-order valence-electron chi connectivity index (χ4n) is 4.95. The van der Waals surface area contributed by atoms with Crippen LogP contribution in [0.4, 0.5) is 4.39 Å². The topological polar surface area (TPSA) is 112 Å². The van der Waals surface area contributed by atoms with Gasteiger partial charge in [-0.1, -0.05) is 32.9 Å². The predicted molar refractivity (Wildman–Crippen MR) is 144 cm³/mol. The van der Waals surface area contributed by atoms with E-state index in [0.717, 1.165) is 5.56 Å². The molecule has 1 N–H and O–H groups in total. The van der Waals surface area contributed by atoms with E-state index in [1.165, 1.54) is 6.07 Å². The monoisotopic (exact) mass is 532 g/mol. The van der Waals surface area contributed by atoms with Crippen LogP contribution in [0, 0.1) is 19.7 Å². The highest BCUT2D eigenvalue weighted by Gasteiger charge is 2.40. The van der Waals surface area contributed by atoms with E-state index >= 15 is 0 Å². The van der Waals surface area contributed by atoms with E-state index in [0.29, 0.717) is 47.9 Å². The number of nitrogens with zero attached hydrogens (tertiary/aromatic N) is 7. The first-order valence-corrected chi connectivity index (χ1v) is 12.9. The Balaban J connectivity index is 1.47. The predicted octanol–water partition coefficient (Wildman–Crippen LogP) is 3.94. The number of carbonyl (C=O) groups is 2. The SMILES string of the molecule is Cc1nc(C(=O)N2CCN(C(=O)c3cn4nc(-c5ccc(C)c(F)c5)cc(C(C)(C)C)c4n3)C(C)(C)C2)n[nH]1. The maximum Gasteiger partial charge on any atom is 0.293 e. The van der Waals surface area contributed by atoms with Gasteiger partial charge in [-0.25, -0.2) is 18.9 Å². The quantitative estimate of drug-likeness (QED) is 0.428. The minimum Gasteiger partial charge on any atom is -0.332 e. The Hall–Kier alpha value is -4.15. The molecule has 3 aromatic heterocycles. The lowest BCUT2D eigenvalue weighted by Gasteiger charge is -2.46. The third kappa shape index (κ3) is 4.88. The van der Waals surface area contributed by atoms with Crippen LogP contribution in [-0.4, -0.2) is 76.6 Å². The molecule has 1 aliphatic heterocycles. The van der Waals surface area contributed by atoms with Gasteiger partial charge in [-0.05, 0) is 50.8 Å². The number of halogens is 1. The van der Waals surface area contributed by atoms with Crippen LogP contribution in [0.5, 0.6) is 0 Å². The highest BCUT2D eigenvalue weighted by molar-refractivity contribution is 5.94. The van der Waals surface area contributed by atoms with Gasteiger partial charge in [-0.15, -0.1) is 5.10 Å². The molecule has 0 saturated carbocycles. The van der Waals surface area contributed by atoms with Crippen LogP contribution in [0.1, 0.15) is 72.7 Å². The van der Waals surface area contributed by atoms with Crippen LogP contribution in [-0.2, 0) is 5.41 Å².